The molecule has 0 unspecified atom stereocenters. The Balaban J connectivity index is 1.76. The van der Waals surface area contributed by atoms with Crippen molar-refractivity contribution in [1.29, 1.82) is 0 Å². The number of halogens is 1. The molecule has 0 spiro atoms. The standard InChI is InChI=1S/C13H14FN5O/c14-12-7-11(8-17-19-9-15-16-10-19)1-2-13(12)18-3-5-20-6-4-18/h1-2,7-10H,3-6H2. The molecule has 0 amide bonds. The molecule has 1 saturated heterocycles. The van der Waals surface area contributed by atoms with Gasteiger partial charge in [0.2, 0.25) is 0 Å². The number of aromatic nitrogens is 3. The summed E-state index contributed by atoms with van der Waals surface area (Å²) < 4.78 is 20.8. The van der Waals surface area contributed by atoms with Gasteiger partial charge in [-0.2, -0.15) is 5.10 Å². The lowest BCUT2D eigenvalue weighted by Gasteiger charge is -2.29. The molecule has 0 aliphatic carbocycles. The summed E-state index contributed by atoms with van der Waals surface area (Å²) in [5.74, 6) is -0.250. The molecule has 3 rings (SSSR count). The Morgan fingerprint density at radius 3 is 2.65 bits per heavy atom. The van der Waals surface area contributed by atoms with Gasteiger partial charge in [0.15, 0.2) is 0 Å². The molecule has 1 fully saturated rings. The molecule has 1 aromatic carbocycles. The Kier molecular flexibility index (Phi) is 3.69. The van der Waals surface area contributed by atoms with Crippen LogP contribution < -0.4 is 4.90 Å². The van der Waals surface area contributed by atoms with Crippen LogP contribution >= 0.6 is 0 Å². The number of ether oxygens (including phenoxy) is 1. The summed E-state index contributed by atoms with van der Waals surface area (Å²) in [6.45, 7) is 2.70. The molecule has 6 nitrogen and oxygen atoms in total. The summed E-state index contributed by atoms with van der Waals surface area (Å²) in [6.07, 6.45) is 4.50. The molecule has 1 aliphatic rings. The third-order valence-corrected chi connectivity index (χ3v) is 3.07. The average molecular weight is 275 g/mol. The van der Waals surface area contributed by atoms with E-state index in [4.69, 9.17) is 4.74 Å². The lowest BCUT2D eigenvalue weighted by Crippen LogP contribution is -2.36. The van der Waals surface area contributed by atoms with E-state index in [1.54, 1.807) is 12.3 Å². The monoisotopic (exact) mass is 275 g/mol. The van der Waals surface area contributed by atoms with E-state index >= 15 is 0 Å². The van der Waals surface area contributed by atoms with Gasteiger partial charge < -0.3 is 9.64 Å². The quantitative estimate of drug-likeness (QED) is 0.788. The van der Waals surface area contributed by atoms with Crippen LogP contribution in [-0.2, 0) is 4.74 Å². The topological polar surface area (TPSA) is 55.5 Å². The summed E-state index contributed by atoms with van der Waals surface area (Å²) in [6, 6.07) is 5.08. The number of benzene rings is 1. The van der Waals surface area contributed by atoms with Gasteiger partial charge in [0, 0.05) is 13.1 Å². The highest BCUT2D eigenvalue weighted by molar-refractivity contribution is 5.80. The van der Waals surface area contributed by atoms with Crippen molar-refractivity contribution in [2.24, 2.45) is 5.10 Å². The second-order valence-corrected chi connectivity index (χ2v) is 4.40. The van der Waals surface area contributed by atoms with Crippen molar-refractivity contribution in [2.75, 3.05) is 31.2 Å². The van der Waals surface area contributed by atoms with Crippen LogP contribution in [0.3, 0.4) is 0 Å². The fourth-order valence-electron chi connectivity index (χ4n) is 2.05. The van der Waals surface area contributed by atoms with E-state index in [0.29, 0.717) is 37.6 Å². The molecule has 2 aromatic rings. The van der Waals surface area contributed by atoms with Crippen molar-refractivity contribution in [3.05, 3.63) is 42.2 Å². The molecule has 0 radical (unpaired) electrons. The van der Waals surface area contributed by atoms with E-state index in [0.717, 1.165) is 0 Å². The van der Waals surface area contributed by atoms with Crippen LogP contribution in [0.25, 0.3) is 0 Å². The minimum Gasteiger partial charge on any atom is -0.378 e. The average Bonchev–Trinajstić information content (AvgIpc) is 2.99. The van der Waals surface area contributed by atoms with E-state index in [9.17, 15) is 4.39 Å². The summed E-state index contributed by atoms with van der Waals surface area (Å²) in [4.78, 5) is 1.99. The number of rotatable bonds is 3. The maximum atomic E-state index is 14.1. The third kappa shape index (κ3) is 2.83. The number of nitrogens with zero attached hydrogens (tertiary/aromatic N) is 5. The smallest absolute Gasteiger partial charge is 0.147 e. The highest BCUT2D eigenvalue weighted by atomic mass is 19.1. The zero-order valence-electron chi connectivity index (χ0n) is 10.8. The minimum atomic E-state index is -0.250. The molecule has 104 valence electrons. The normalized spacial score (nSPS) is 15.9. The third-order valence-electron chi connectivity index (χ3n) is 3.07. The molecule has 2 heterocycles. The number of hydrogen-bond acceptors (Lipinski definition) is 5. The molecular formula is C13H14FN5O. The number of hydrogen-bond donors (Lipinski definition) is 0. The minimum absolute atomic E-state index is 0.250. The molecule has 1 aromatic heterocycles. The van der Waals surface area contributed by atoms with Gasteiger partial charge in [-0.15, -0.1) is 10.2 Å². The van der Waals surface area contributed by atoms with Crippen molar-refractivity contribution in [1.82, 2.24) is 14.9 Å². The Labute approximate surface area is 115 Å². The van der Waals surface area contributed by atoms with E-state index < -0.39 is 0 Å². The van der Waals surface area contributed by atoms with Crippen LogP contribution in [0.4, 0.5) is 10.1 Å². The first-order valence-electron chi connectivity index (χ1n) is 6.34. The van der Waals surface area contributed by atoms with Crippen LogP contribution in [0, 0.1) is 5.82 Å². The van der Waals surface area contributed by atoms with E-state index in [2.05, 4.69) is 15.3 Å². The van der Waals surface area contributed by atoms with E-state index in [1.165, 1.54) is 23.4 Å². The van der Waals surface area contributed by atoms with Gasteiger partial charge in [0.25, 0.3) is 0 Å². The lowest BCUT2D eigenvalue weighted by molar-refractivity contribution is 0.122. The fraction of sp³-hybridized carbons (Fsp3) is 0.308. The Morgan fingerprint density at radius 2 is 1.95 bits per heavy atom. The molecule has 7 heteroatoms. The molecule has 20 heavy (non-hydrogen) atoms. The molecule has 0 bridgehead atoms. The zero-order chi connectivity index (χ0) is 13.8. The molecule has 0 atom stereocenters. The summed E-state index contributed by atoms with van der Waals surface area (Å²) in [5, 5.41) is 11.4. The first-order chi connectivity index (χ1) is 9.83. The summed E-state index contributed by atoms with van der Waals surface area (Å²) in [7, 11) is 0. The van der Waals surface area contributed by atoms with Crippen LogP contribution in [0.1, 0.15) is 5.56 Å². The van der Waals surface area contributed by atoms with Crippen molar-refractivity contribution in [2.45, 2.75) is 0 Å². The molecule has 0 saturated carbocycles. The van der Waals surface area contributed by atoms with Crippen molar-refractivity contribution < 1.29 is 9.13 Å². The molecular weight excluding hydrogens is 261 g/mol. The molecule has 1 aliphatic heterocycles. The Morgan fingerprint density at radius 1 is 1.20 bits per heavy atom. The lowest BCUT2D eigenvalue weighted by atomic mass is 10.2. The predicted molar refractivity (Wildman–Crippen MR) is 72.4 cm³/mol. The van der Waals surface area contributed by atoms with Gasteiger partial charge in [-0.25, -0.2) is 9.07 Å². The number of morpholine rings is 1. The Bertz CT molecular complexity index is 593. The second kappa shape index (κ2) is 5.79. The second-order valence-electron chi connectivity index (χ2n) is 4.40. The SMILES string of the molecule is Fc1cc(C=Nn2cnnc2)ccc1N1CCOCC1. The maximum absolute atomic E-state index is 14.1. The highest BCUT2D eigenvalue weighted by Crippen LogP contribution is 2.21. The summed E-state index contributed by atoms with van der Waals surface area (Å²) >= 11 is 0. The molecule has 0 N–H and O–H groups in total. The van der Waals surface area contributed by atoms with Crippen molar-refractivity contribution in [3.8, 4) is 0 Å². The largest absolute Gasteiger partial charge is 0.378 e. The van der Waals surface area contributed by atoms with E-state index in [1.807, 2.05) is 11.0 Å². The van der Waals surface area contributed by atoms with Gasteiger partial charge in [0.05, 0.1) is 25.1 Å². The van der Waals surface area contributed by atoms with Crippen molar-refractivity contribution in [3.63, 3.8) is 0 Å². The van der Waals surface area contributed by atoms with Gasteiger partial charge in [-0.3, -0.25) is 0 Å². The van der Waals surface area contributed by atoms with Crippen LogP contribution in [-0.4, -0.2) is 47.4 Å². The van der Waals surface area contributed by atoms with Crippen LogP contribution in [0.2, 0.25) is 0 Å². The fourth-order valence-corrected chi connectivity index (χ4v) is 2.05. The summed E-state index contributed by atoms with van der Waals surface area (Å²) in [5.41, 5.74) is 1.29. The van der Waals surface area contributed by atoms with Gasteiger partial charge in [0.1, 0.15) is 18.5 Å². The zero-order valence-corrected chi connectivity index (χ0v) is 10.8. The predicted octanol–water partition coefficient (Wildman–Crippen LogP) is 1.14. The van der Waals surface area contributed by atoms with Gasteiger partial charge >= 0.3 is 0 Å². The number of anilines is 1. The van der Waals surface area contributed by atoms with Crippen LogP contribution in [0.15, 0.2) is 36.0 Å². The van der Waals surface area contributed by atoms with Crippen molar-refractivity contribution >= 4 is 11.9 Å². The van der Waals surface area contributed by atoms with Gasteiger partial charge in [-0.05, 0) is 17.7 Å². The first kappa shape index (κ1) is 12.7. The van der Waals surface area contributed by atoms with Crippen LogP contribution in [0.5, 0.6) is 0 Å². The van der Waals surface area contributed by atoms with Gasteiger partial charge in [-0.1, -0.05) is 6.07 Å². The maximum Gasteiger partial charge on any atom is 0.147 e. The van der Waals surface area contributed by atoms with E-state index in [-0.39, 0.29) is 5.82 Å². The first-order valence-corrected chi connectivity index (χ1v) is 6.34. The highest BCUT2D eigenvalue weighted by Gasteiger charge is 2.14. The Hall–Kier alpha value is -2.28.